The number of nitrogens with zero attached hydrogens (tertiary/aromatic N) is 1. The number of carbonyl (C=O) groups is 3. The second-order valence-electron chi connectivity index (χ2n) is 8.28. The summed E-state index contributed by atoms with van der Waals surface area (Å²) in [6.07, 6.45) is 3.90. The van der Waals surface area contributed by atoms with Crippen molar-refractivity contribution in [1.29, 1.82) is 0 Å². The summed E-state index contributed by atoms with van der Waals surface area (Å²) in [6, 6.07) is 13.1. The summed E-state index contributed by atoms with van der Waals surface area (Å²) in [5.74, 6) is -1.50. The summed E-state index contributed by atoms with van der Waals surface area (Å²) in [5.41, 5.74) is 0.948. The smallest absolute Gasteiger partial charge is 0.338 e. The van der Waals surface area contributed by atoms with E-state index in [4.69, 9.17) is 4.74 Å². The fourth-order valence-electron chi connectivity index (χ4n) is 4.44. The Balaban J connectivity index is 1.50. The van der Waals surface area contributed by atoms with Gasteiger partial charge in [-0.25, -0.2) is 13.2 Å². The van der Waals surface area contributed by atoms with Crippen molar-refractivity contribution in [2.24, 2.45) is 0 Å². The molecule has 0 saturated heterocycles. The molecular formula is C23H24N2O6S. The normalized spacial score (nSPS) is 17.0. The standard InChI is InChI=1S/C23H24N2O6S/c1-32(29,30)15-16-8-10-17(11-9-16)21(27)31-14-20(26)25-19-7-3-2-6-18(19)24-22(28)23(25)12-4-5-13-23/h2-3,6-11H,4-5,12-15H2,1H3,(H,24,28). The maximum absolute atomic E-state index is 13.2. The number of hydrogen-bond donors (Lipinski definition) is 1. The molecule has 0 aromatic heterocycles. The summed E-state index contributed by atoms with van der Waals surface area (Å²) in [7, 11) is -3.18. The minimum atomic E-state index is -3.18. The third-order valence-electron chi connectivity index (χ3n) is 5.87. The van der Waals surface area contributed by atoms with E-state index < -0.39 is 33.9 Å². The number of benzene rings is 2. The molecule has 0 bridgehead atoms. The van der Waals surface area contributed by atoms with E-state index in [2.05, 4.69) is 5.32 Å². The van der Waals surface area contributed by atoms with E-state index >= 15 is 0 Å². The first-order chi connectivity index (χ1) is 15.2. The first-order valence-corrected chi connectivity index (χ1v) is 12.4. The summed E-state index contributed by atoms with van der Waals surface area (Å²) >= 11 is 0. The SMILES string of the molecule is CS(=O)(=O)Cc1ccc(C(=O)OCC(=O)N2c3ccccc3NC(=O)C23CCCC3)cc1. The van der Waals surface area contributed by atoms with E-state index in [1.807, 2.05) is 0 Å². The van der Waals surface area contributed by atoms with Crippen molar-refractivity contribution in [2.75, 3.05) is 23.1 Å². The van der Waals surface area contributed by atoms with Crippen LogP contribution in [0.2, 0.25) is 0 Å². The number of anilines is 2. The Bertz CT molecular complexity index is 1170. The highest BCUT2D eigenvalue weighted by molar-refractivity contribution is 7.89. The number of fused-ring (bicyclic) bond motifs is 1. The molecule has 168 valence electrons. The summed E-state index contributed by atoms with van der Waals surface area (Å²) in [5, 5.41) is 2.91. The Hall–Kier alpha value is -3.20. The highest BCUT2D eigenvalue weighted by Gasteiger charge is 2.52. The van der Waals surface area contributed by atoms with Crippen molar-refractivity contribution < 1.29 is 27.5 Å². The fraction of sp³-hybridized carbons (Fsp3) is 0.348. The number of nitrogens with one attached hydrogen (secondary N) is 1. The number of sulfone groups is 1. The molecule has 32 heavy (non-hydrogen) atoms. The molecule has 2 amide bonds. The number of amides is 2. The average Bonchev–Trinajstić information content (AvgIpc) is 3.22. The lowest BCUT2D eigenvalue weighted by Crippen LogP contribution is -2.61. The minimum Gasteiger partial charge on any atom is -0.452 e. The minimum absolute atomic E-state index is 0.126. The van der Waals surface area contributed by atoms with Crippen LogP contribution in [0.5, 0.6) is 0 Å². The van der Waals surface area contributed by atoms with Crippen LogP contribution >= 0.6 is 0 Å². The molecule has 2 aromatic carbocycles. The zero-order valence-electron chi connectivity index (χ0n) is 17.7. The van der Waals surface area contributed by atoms with Crippen LogP contribution in [0.1, 0.15) is 41.6 Å². The van der Waals surface area contributed by atoms with Gasteiger partial charge in [0.25, 0.3) is 11.8 Å². The zero-order chi connectivity index (χ0) is 22.9. The Morgan fingerprint density at radius 2 is 1.72 bits per heavy atom. The van der Waals surface area contributed by atoms with Crippen molar-refractivity contribution in [3.8, 4) is 0 Å². The second kappa shape index (κ2) is 8.38. The molecule has 1 aliphatic carbocycles. The van der Waals surface area contributed by atoms with E-state index in [0.717, 1.165) is 19.1 Å². The van der Waals surface area contributed by atoms with Crippen LogP contribution in [0, 0.1) is 0 Å². The molecule has 1 aliphatic heterocycles. The molecular weight excluding hydrogens is 432 g/mol. The van der Waals surface area contributed by atoms with E-state index in [1.165, 1.54) is 29.2 Å². The second-order valence-corrected chi connectivity index (χ2v) is 10.4. The molecule has 1 spiro atoms. The quantitative estimate of drug-likeness (QED) is 0.693. The Morgan fingerprint density at radius 1 is 1.06 bits per heavy atom. The first-order valence-electron chi connectivity index (χ1n) is 10.4. The van der Waals surface area contributed by atoms with Crippen LogP contribution in [0.4, 0.5) is 11.4 Å². The summed E-state index contributed by atoms with van der Waals surface area (Å²) in [6.45, 7) is -0.507. The first kappa shape index (κ1) is 22.0. The average molecular weight is 457 g/mol. The van der Waals surface area contributed by atoms with Crippen molar-refractivity contribution >= 4 is 39.0 Å². The Morgan fingerprint density at radius 3 is 2.38 bits per heavy atom. The number of hydrogen-bond acceptors (Lipinski definition) is 6. The van der Waals surface area contributed by atoms with Crippen LogP contribution in [0.15, 0.2) is 48.5 Å². The van der Waals surface area contributed by atoms with Gasteiger partial charge in [0.2, 0.25) is 0 Å². The maximum Gasteiger partial charge on any atom is 0.338 e. The Kier molecular flexibility index (Phi) is 5.77. The van der Waals surface area contributed by atoms with Crippen LogP contribution in [0.3, 0.4) is 0 Å². The van der Waals surface area contributed by atoms with Crippen molar-refractivity contribution in [1.82, 2.24) is 0 Å². The van der Waals surface area contributed by atoms with Gasteiger partial charge in [0, 0.05) is 6.26 Å². The molecule has 9 heteroatoms. The van der Waals surface area contributed by atoms with Gasteiger partial charge < -0.3 is 10.1 Å². The predicted octanol–water partition coefficient (Wildman–Crippen LogP) is 2.69. The lowest BCUT2D eigenvalue weighted by Gasteiger charge is -2.44. The highest BCUT2D eigenvalue weighted by atomic mass is 32.2. The lowest BCUT2D eigenvalue weighted by atomic mass is 9.90. The van der Waals surface area contributed by atoms with Gasteiger partial charge in [-0.2, -0.15) is 0 Å². The van der Waals surface area contributed by atoms with Gasteiger partial charge in [0.1, 0.15) is 5.54 Å². The van der Waals surface area contributed by atoms with Crippen LogP contribution in [0.25, 0.3) is 0 Å². The largest absolute Gasteiger partial charge is 0.452 e. The maximum atomic E-state index is 13.2. The third kappa shape index (κ3) is 4.25. The van der Waals surface area contributed by atoms with E-state index in [-0.39, 0.29) is 17.2 Å². The van der Waals surface area contributed by atoms with Gasteiger partial charge in [-0.05, 0) is 42.7 Å². The number of rotatable bonds is 5. The van der Waals surface area contributed by atoms with Gasteiger partial charge in [-0.3, -0.25) is 14.5 Å². The van der Waals surface area contributed by atoms with Crippen LogP contribution in [-0.2, 0) is 29.9 Å². The molecule has 1 saturated carbocycles. The van der Waals surface area contributed by atoms with Gasteiger partial charge in [-0.1, -0.05) is 37.1 Å². The van der Waals surface area contributed by atoms with Crippen LogP contribution in [-0.4, -0.2) is 44.6 Å². The summed E-state index contributed by atoms with van der Waals surface area (Å²) < 4.78 is 28.1. The number of ether oxygens (including phenoxy) is 1. The molecule has 2 aromatic rings. The fourth-order valence-corrected chi connectivity index (χ4v) is 5.24. The molecule has 1 N–H and O–H groups in total. The van der Waals surface area contributed by atoms with Gasteiger partial charge in [-0.15, -0.1) is 0 Å². The van der Waals surface area contributed by atoms with Crippen LogP contribution < -0.4 is 10.2 Å². The number of esters is 1. The van der Waals surface area contributed by atoms with Gasteiger partial charge >= 0.3 is 5.97 Å². The molecule has 4 rings (SSSR count). The monoisotopic (exact) mass is 456 g/mol. The highest BCUT2D eigenvalue weighted by Crippen LogP contribution is 2.45. The zero-order valence-corrected chi connectivity index (χ0v) is 18.5. The lowest BCUT2D eigenvalue weighted by molar-refractivity contribution is -0.129. The van der Waals surface area contributed by atoms with E-state index in [9.17, 15) is 22.8 Å². The topological polar surface area (TPSA) is 110 Å². The summed E-state index contributed by atoms with van der Waals surface area (Å²) in [4.78, 5) is 40.1. The molecule has 0 unspecified atom stereocenters. The van der Waals surface area contributed by atoms with Crippen molar-refractivity contribution in [3.63, 3.8) is 0 Å². The molecule has 0 radical (unpaired) electrons. The molecule has 1 heterocycles. The van der Waals surface area contributed by atoms with Crippen molar-refractivity contribution in [2.45, 2.75) is 37.0 Å². The molecule has 1 fully saturated rings. The molecule has 8 nitrogen and oxygen atoms in total. The third-order valence-corrected chi connectivity index (χ3v) is 6.73. The van der Waals surface area contributed by atoms with Gasteiger partial charge in [0.15, 0.2) is 16.4 Å². The predicted molar refractivity (Wildman–Crippen MR) is 119 cm³/mol. The number of para-hydroxylation sites is 2. The molecule has 2 aliphatic rings. The van der Waals surface area contributed by atoms with Crippen molar-refractivity contribution in [3.05, 3.63) is 59.7 Å². The van der Waals surface area contributed by atoms with E-state index in [1.54, 1.807) is 24.3 Å². The molecule has 0 atom stereocenters. The number of carbonyl (C=O) groups excluding carboxylic acids is 3. The van der Waals surface area contributed by atoms with Gasteiger partial charge in [0.05, 0.1) is 22.7 Å². The van der Waals surface area contributed by atoms with E-state index in [0.29, 0.717) is 29.8 Å². The Labute approximate surface area is 186 Å².